The van der Waals surface area contributed by atoms with Gasteiger partial charge in [0.25, 0.3) is 5.56 Å². The highest BCUT2D eigenvalue weighted by atomic mass is 32.1. The summed E-state index contributed by atoms with van der Waals surface area (Å²) in [4.78, 5) is 17.6. The molecule has 0 bridgehead atoms. The van der Waals surface area contributed by atoms with E-state index in [4.69, 9.17) is 4.42 Å². The molecule has 0 aliphatic rings. The number of fused-ring (bicyclic) bond motifs is 1. The van der Waals surface area contributed by atoms with Crippen LogP contribution in [0.25, 0.3) is 21.5 Å². The molecule has 0 saturated carbocycles. The lowest BCUT2D eigenvalue weighted by molar-refractivity contribution is 0.475. The molecule has 0 saturated heterocycles. The minimum atomic E-state index is -0.274. The molecule has 6 nitrogen and oxygen atoms in total. The van der Waals surface area contributed by atoms with Crippen LogP contribution in [0, 0.1) is 0 Å². The maximum atomic E-state index is 12.7. The maximum Gasteiger partial charge on any atom is 0.283 e. The smallest absolute Gasteiger partial charge is 0.283 e. The quantitative estimate of drug-likeness (QED) is 0.582. The van der Waals surface area contributed by atoms with Crippen molar-refractivity contribution < 1.29 is 9.52 Å². The Morgan fingerprint density at radius 1 is 1.29 bits per heavy atom. The lowest BCUT2D eigenvalue weighted by atomic mass is 10.2. The zero-order valence-corrected chi connectivity index (χ0v) is 13.1. The van der Waals surface area contributed by atoms with Gasteiger partial charge in [-0.15, -0.1) is 11.3 Å². The Morgan fingerprint density at radius 2 is 2.21 bits per heavy atom. The summed E-state index contributed by atoms with van der Waals surface area (Å²) < 4.78 is 6.56. The minimum Gasteiger partial charge on any atom is -0.508 e. The van der Waals surface area contributed by atoms with Gasteiger partial charge in [-0.1, -0.05) is 12.1 Å². The van der Waals surface area contributed by atoms with Crippen LogP contribution in [-0.4, -0.2) is 21.0 Å². The zero-order chi connectivity index (χ0) is 16.5. The Kier molecular flexibility index (Phi) is 3.47. The summed E-state index contributed by atoms with van der Waals surface area (Å²) in [5.74, 6) is 0.757. The van der Waals surface area contributed by atoms with E-state index >= 15 is 0 Å². The number of rotatable bonds is 3. The normalized spacial score (nSPS) is 11.5. The van der Waals surface area contributed by atoms with Crippen molar-refractivity contribution in [2.45, 2.75) is 0 Å². The maximum absolute atomic E-state index is 12.7. The third-order valence-corrected chi connectivity index (χ3v) is 4.35. The van der Waals surface area contributed by atoms with Crippen molar-refractivity contribution in [2.24, 2.45) is 5.10 Å². The average Bonchev–Trinajstić information content (AvgIpc) is 3.23. The predicted molar refractivity (Wildman–Crippen MR) is 92.7 cm³/mol. The third kappa shape index (κ3) is 2.50. The Hall–Kier alpha value is -3.19. The summed E-state index contributed by atoms with van der Waals surface area (Å²) in [5.41, 5.74) is 1.11. The highest BCUT2D eigenvalue weighted by Crippen LogP contribution is 2.30. The Balaban J connectivity index is 1.81. The largest absolute Gasteiger partial charge is 0.508 e. The van der Waals surface area contributed by atoms with Gasteiger partial charge in [0.05, 0.1) is 17.9 Å². The second-order valence-electron chi connectivity index (χ2n) is 5.04. The van der Waals surface area contributed by atoms with Crippen LogP contribution >= 0.6 is 11.3 Å². The Labute approximate surface area is 139 Å². The molecule has 0 aliphatic carbocycles. The topological polar surface area (TPSA) is 80.6 Å². The summed E-state index contributed by atoms with van der Waals surface area (Å²) in [6.45, 7) is 0. The molecular weight excluding hydrogens is 326 g/mol. The molecule has 0 unspecified atom stereocenters. The van der Waals surface area contributed by atoms with E-state index in [-0.39, 0.29) is 11.3 Å². The minimum absolute atomic E-state index is 0.137. The molecule has 1 N–H and O–H groups in total. The zero-order valence-electron chi connectivity index (χ0n) is 12.3. The van der Waals surface area contributed by atoms with Gasteiger partial charge in [-0.2, -0.15) is 9.78 Å². The number of hydrogen-bond acceptors (Lipinski definition) is 6. The van der Waals surface area contributed by atoms with E-state index < -0.39 is 0 Å². The van der Waals surface area contributed by atoms with E-state index in [2.05, 4.69) is 10.1 Å². The first-order valence-corrected chi connectivity index (χ1v) is 7.96. The second kappa shape index (κ2) is 5.78. The lowest BCUT2D eigenvalue weighted by Gasteiger charge is -1.99. The molecule has 4 rings (SSSR count). The van der Waals surface area contributed by atoms with Crippen LogP contribution in [0.4, 0.5) is 0 Å². The first kappa shape index (κ1) is 14.4. The number of nitrogens with zero attached hydrogens (tertiary/aromatic N) is 3. The van der Waals surface area contributed by atoms with Crippen LogP contribution in [-0.2, 0) is 0 Å². The molecule has 0 fully saturated rings. The molecule has 0 atom stereocenters. The predicted octanol–water partition coefficient (Wildman–Crippen LogP) is 3.31. The number of aromatic hydroxyl groups is 1. The fraction of sp³-hybridized carbons (Fsp3) is 0. The van der Waals surface area contributed by atoms with Gasteiger partial charge in [-0.25, -0.2) is 4.98 Å². The summed E-state index contributed by atoms with van der Waals surface area (Å²) in [6, 6.07) is 10.2. The van der Waals surface area contributed by atoms with Crippen molar-refractivity contribution >= 4 is 27.8 Å². The molecule has 1 aromatic carbocycles. The second-order valence-corrected chi connectivity index (χ2v) is 5.90. The van der Waals surface area contributed by atoms with Crippen molar-refractivity contribution in [3.8, 4) is 17.1 Å². The highest BCUT2D eigenvalue weighted by Gasteiger charge is 2.14. The number of benzene rings is 1. The van der Waals surface area contributed by atoms with Crippen LogP contribution in [0.5, 0.6) is 5.75 Å². The Bertz CT molecular complexity index is 1090. The van der Waals surface area contributed by atoms with Gasteiger partial charge in [0.2, 0.25) is 0 Å². The highest BCUT2D eigenvalue weighted by molar-refractivity contribution is 7.17. The fourth-order valence-corrected chi connectivity index (χ4v) is 3.24. The molecule has 0 radical (unpaired) electrons. The van der Waals surface area contributed by atoms with E-state index in [0.717, 1.165) is 0 Å². The van der Waals surface area contributed by atoms with Gasteiger partial charge < -0.3 is 9.52 Å². The van der Waals surface area contributed by atoms with Crippen molar-refractivity contribution in [3.63, 3.8) is 0 Å². The van der Waals surface area contributed by atoms with E-state index in [0.29, 0.717) is 27.1 Å². The molecule has 118 valence electrons. The molecule has 3 aromatic heterocycles. The van der Waals surface area contributed by atoms with E-state index in [9.17, 15) is 9.90 Å². The standard InChI is InChI=1S/C17H11N3O3S/c21-12-4-1-3-11(7-12)8-19-20-10-18-16-15(17(20)22)13(9-24-16)14-5-2-6-23-14/h1-10,21H/b19-8-. The van der Waals surface area contributed by atoms with Gasteiger partial charge >= 0.3 is 0 Å². The lowest BCUT2D eigenvalue weighted by Crippen LogP contribution is -2.16. The van der Waals surface area contributed by atoms with Crippen LogP contribution in [0.15, 0.2) is 68.7 Å². The van der Waals surface area contributed by atoms with Gasteiger partial charge in [-0.05, 0) is 29.8 Å². The number of thiophene rings is 1. The number of furan rings is 1. The van der Waals surface area contributed by atoms with Gasteiger partial charge in [0.1, 0.15) is 22.7 Å². The van der Waals surface area contributed by atoms with Crippen molar-refractivity contribution in [1.29, 1.82) is 0 Å². The molecule has 0 aliphatic heterocycles. The van der Waals surface area contributed by atoms with Crippen molar-refractivity contribution in [2.75, 3.05) is 0 Å². The van der Waals surface area contributed by atoms with Crippen LogP contribution < -0.4 is 5.56 Å². The molecule has 3 heterocycles. The first-order valence-electron chi connectivity index (χ1n) is 7.08. The molecule has 7 heteroatoms. The molecule has 0 spiro atoms. The third-order valence-electron chi connectivity index (χ3n) is 3.47. The Morgan fingerprint density at radius 3 is 3.00 bits per heavy atom. The fourth-order valence-electron chi connectivity index (χ4n) is 2.35. The molecule has 0 amide bonds. The number of aromatic nitrogens is 2. The van der Waals surface area contributed by atoms with Crippen LogP contribution in [0.2, 0.25) is 0 Å². The first-order chi connectivity index (χ1) is 11.7. The molecular formula is C17H11N3O3S. The van der Waals surface area contributed by atoms with E-state index in [1.165, 1.54) is 28.6 Å². The SMILES string of the molecule is O=c1c2c(-c3ccco3)csc2ncn1/N=C\c1cccc(O)c1. The van der Waals surface area contributed by atoms with Crippen molar-refractivity contribution in [3.05, 3.63) is 70.3 Å². The summed E-state index contributed by atoms with van der Waals surface area (Å²) in [5, 5.41) is 15.9. The van der Waals surface area contributed by atoms with Gasteiger partial charge in [0.15, 0.2) is 0 Å². The van der Waals surface area contributed by atoms with Crippen LogP contribution in [0.1, 0.15) is 5.56 Å². The number of phenolic OH excluding ortho intramolecular Hbond substituents is 1. The monoisotopic (exact) mass is 337 g/mol. The number of hydrogen-bond donors (Lipinski definition) is 1. The van der Waals surface area contributed by atoms with Gasteiger partial charge in [0, 0.05) is 10.9 Å². The molecule has 4 aromatic rings. The van der Waals surface area contributed by atoms with E-state index in [1.54, 1.807) is 42.7 Å². The van der Waals surface area contributed by atoms with Crippen molar-refractivity contribution in [1.82, 2.24) is 9.66 Å². The van der Waals surface area contributed by atoms with Crippen LogP contribution in [0.3, 0.4) is 0 Å². The average molecular weight is 337 g/mol. The summed E-state index contributed by atoms with van der Waals surface area (Å²) in [6.07, 6.45) is 4.44. The molecule has 24 heavy (non-hydrogen) atoms. The van der Waals surface area contributed by atoms with E-state index in [1.807, 2.05) is 5.38 Å². The number of phenols is 1. The van der Waals surface area contributed by atoms with Gasteiger partial charge in [-0.3, -0.25) is 4.79 Å². The summed E-state index contributed by atoms with van der Waals surface area (Å²) in [7, 11) is 0. The summed E-state index contributed by atoms with van der Waals surface area (Å²) >= 11 is 1.38.